The van der Waals surface area contributed by atoms with E-state index in [4.69, 9.17) is 4.74 Å². The van der Waals surface area contributed by atoms with Crippen molar-refractivity contribution in [2.75, 3.05) is 7.11 Å². The van der Waals surface area contributed by atoms with Crippen LogP contribution in [0, 0.1) is 52.3 Å². The molecule has 3 heteroatoms. The molecule has 10 atom stereocenters. The van der Waals surface area contributed by atoms with Crippen LogP contribution in [0.4, 0.5) is 0 Å². The molecular weight excluding hydrogens is 379 g/mol. The minimum Gasteiger partial charge on any atom is -0.469 e. The van der Waals surface area contributed by atoms with Crippen LogP contribution in [-0.2, 0) is 9.53 Å². The van der Waals surface area contributed by atoms with Crippen LogP contribution in [0.5, 0.6) is 0 Å². The van der Waals surface area contributed by atoms with Crippen molar-refractivity contribution in [3.05, 3.63) is 12.2 Å². The van der Waals surface area contributed by atoms with Crippen LogP contribution in [0.2, 0.25) is 17.5 Å². The summed E-state index contributed by atoms with van der Waals surface area (Å²) in [6.45, 7) is 16.1. The van der Waals surface area contributed by atoms with E-state index in [0.717, 1.165) is 53.9 Å². The Balaban J connectivity index is 1.45. The first-order chi connectivity index (χ1) is 14.6. The van der Waals surface area contributed by atoms with Crippen LogP contribution in [-0.4, -0.2) is 19.8 Å². The summed E-state index contributed by atoms with van der Waals surface area (Å²) in [6.07, 6.45) is 12.3. The van der Waals surface area contributed by atoms with Crippen molar-refractivity contribution in [1.82, 2.24) is 0 Å². The van der Waals surface area contributed by atoms with Crippen molar-refractivity contribution in [1.29, 1.82) is 0 Å². The third-order valence-electron chi connectivity index (χ3n) is 12.3. The van der Waals surface area contributed by atoms with Gasteiger partial charge in [0.05, 0.1) is 13.5 Å². The van der Waals surface area contributed by atoms with Gasteiger partial charge in [-0.1, -0.05) is 84.0 Å². The fraction of sp³-hybridized carbons (Fsp3) is 0.893. The van der Waals surface area contributed by atoms with Gasteiger partial charge in [0, 0.05) is 0 Å². The van der Waals surface area contributed by atoms with Gasteiger partial charge in [0.15, 0.2) is 6.71 Å². The first kappa shape index (κ1) is 22.1. The van der Waals surface area contributed by atoms with E-state index >= 15 is 0 Å². The van der Waals surface area contributed by atoms with Gasteiger partial charge in [0.2, 0.25) is 0 Å². The van der Waals surface area contributed by atoms with Gasteiger partial charge >= 0.3 is 5.97 Å². The van der Waals surface area contributed by atoms with E-state index < -0.39 is 0 Å². The van der Waals surface area contributed by atoms with Crippen LogP contribution in [0.15, 0.2) is 12.2 Å². The molecular formula is C28H45BO2. The van der Waals surface area contributed by atoms with Crippen molar-refractivity contribution in [2.24, 2.45) is 52.3 Å². The Labute approximate surface area is 191 Å². The maximum atomic E-state index is 12.2. The van der Waals surface area contributed by atoms with Crippen LogP contribution in [0.25, 0.3) is 0 Å². The zero-order valence-corrected chi connectivity index (χ0v) is 21.1. The molecule has 0 radical (unpaired) electrons. The number of rotatable bonds is 5. The molecule has 0 aromatic heterocycles. The highest BCUT2D eigenvalue weighted by molar-refractivity contribution is 6.64. The summed E-state index contributed by atoms with van der Waals surface area (Å²) in [5.41, 5.74) is 1.09. The number of esters is 1. The van der Waals surface area contributed by atoms with Crippen LogP contribution >= 0.6 is 0 Å². The zero-order valence-electron chi connectivity index (χ0n) is 21.1. The lowest BCUT2D eigenvalue weighted by Gasteiger charge is -2.67. The molecule has 0 aromatic rings. The van der Waals surface area contributed by atoms with Crippen molar-refractivity contribution in [3.8, 4) is 0 Å². The summed E-state index contributed by atoms with van der Waals surface area (Å²) in [5, 5.41) is 0. The second-order valence-corrected chi connectivity index (χ2v) is 13.6. The van der Waals surface area contributed by atoms with Crippen molar-refractivity contribution >= 4 is 12.7 Å². The highest BCUT2D eigenvalue weighted by Gasteiger charge is 2.63. The number of carbonyl (C=O) groups is 1. The molecule has 6 fully saturated rings. The fourth-order valence-corrected chi connectivity index (χ4v) is 10.0. The fourth-order valence-electron chi connectivity index (χ4n) is 10.0. The quantitative estimate of drug-likeness (QED) is 0.266. The summed E-state index contributed by atoms with van der Waals surface area (Å²) in [4.78, 5) is 12.2. The zero-order chi connectivity index (χ0) is 22.3. The van der Waals surface area contributed by atoms with Crippen molar-refractivity contribution < 1.29 is 9.53 Å². The average molecular weight is 424 g/mol. The highest BCUT2D eigenvalue weighted by Crippen LogP contribution is 2.71. The van der Waals surface area contributed by atoms with Crippen LogP contribution < -0.4 is 0 Å². The number of ether oxygens (including phenoxy) is 1. The predicted octanol–water partition coefficient (Wildman–Crippen LogP) is 7.14. The largest absolute Gasteiger partial charge is 0.469 e. The van der Waals surface area contributed by atoms with Crippen LogP contribution in [0.3, 0.4) is 0 Å². The van der Waals surface area contributed by atoms with Crippen LogP contribution in [0.1, 0.15) is 80.1 Å². The molecule has 0 aromatic carbocycles. The highest BCUT2D eigenvalue weighted by atomic mass is 16.5. The summed E-state index contributed by atoms with van der Waals surface area (Å²) in [6, 6.07) is 0. The van der Waals surface area contributed by atoms with Gasteiger partial charge < -0.3 is 4.74 Å². The number of carbonyl (C=O) groups excluding carboxylic acids is 1. The maximum Gasteiger partial charge on any atom is 0.306 e. The van der Waals surface area contributed by atoms with E-state index in [1.807, 2.05) is 0 Å². The van der Waals surface area contributed by atoms with Crippen molar-refractivity contribution in [2.45, 2.75) is 97.5 Å². The monoisotopic (exact) mass is 424 g/mol. The molecule has 0 aliphatic heterocycles. The van der Waals surface area contributed by atoms with E-state index in [0.29, 0.717) is 29.0 Å². The Bertz CT molecular complexity index is 712. The number of methoxy groups -OCH3 is 1. The summed E-state index contributed by atoms with van der Waals surface area (Å²) in [5.74, 6) is 7.96. The van der Waals surface area contributed by atoms with Gasteiger partial charge in [-0.2, -0.15) is 0 Å². The average Bonchev–Trinajstić information content (AvgIpc) is 3.16. The van der Waals surface area contributed by atoms with E-state index in [-0.39, 0.29) is 5.97 Å². The minimum atomic E-state index is -0.0263. The molecule has 2 nitrogen and oxygen atoms in total. The molecule has 2 unspecified atom stereocenters. The van der Waals surface area contributed by atoms with Gasteiger partial charge in [-0.15, -0.1) is 0 Å². The first-order valence-electron chi connectivity index (χ1n) is 13.3. The molecule has 0 spiro atoms. The Kier molecular flexibility index (Phi) is 5.27. The van der Waals surface area contributed by atoms with E-state index in [9.17, 15) is 4.79 Å². The lowest BCUT2D eigenvalue weighted by Crippen LogP contribution is -2.60. The number of allylic oxidation sites excluding steroid dienone is 2. The molecule has 0 heterocycles. The van der Waals surface area contributed by atoms with E-state index in [1.54, 1.807) is 7.11 Å². The lowest BCUT2D eigenvalue weighted by atomic mass is 9.17. The second-order valence-electron chi connectivity index (χ2n) is 13.6. The Morgan fingerprint density at radius 2 is 1.42 bits per heavy atom. The Morgan fingerprint density at radius 1 is 0.903 bits per heavy atom. The maximum absolute atomic E-state index is 12.2. The molecule has 0 N–H and O–H groups in total. The topological polar surface area (TPSA) is 26.3 Å². The van der Waals surface area contributed by atoms with E-state index in [2.05, 4.69) is 53.7 Å². The SMILES string of the molecule is COC(=O)CC1C=CCC1B([C@@H]1C[C@@H]2C[C@@H]([C@@H]1C)C2(C)C)[C@@H]1C[C@@H]2C[C@@H]([C@@H]1C)C2(C)C. The third kappa shape index (κ3) is 3.14. The Hall–Kier alpha value is -0.725. The van der Waals surface area contributed by atoms with Gasteiger partial charge in [0.25, 0.3) is 0 Å². The summed E-state index contributed by atoms with van der Waals surface area (Å²) >= 11 is 0. The first-order valence-corrected chi connectivity index (χ1v) is 13.3. The molecule has 7 rings (SSSR count). The minimum absolute atomic E-state index is 0.0263. The standard InChI is InChI=1S/C28H45BO2/c1-16-21-12-19(27(21,3)4)14-24(16)29(23-10-8-9-18(23)11-26(30)31-7)25-15-20-13-22(17(25)2)28(20,5)6/h8-9,16-25H,10-15H2,1-7H3/t16-,17-,18?,19-,20-,21-,22-,23?,24+,25+/m0/s1. The molecule has 7 aliphatic rings. The summed E-state index contributed by atoms with van der Waals surface area (Å²) in [7, 11) is 1.55. The smallest absolute Gasteiger partial charge is 0.306 e. The van der Waals surface area contributed by atoms with Gasteiger partial charge in [0.1, 0.15) is 0 Å². The molecule has 6 saturated carbocycles. The van der Waals surface area contributed by atoms with Gasteiger partial charge in [-0.25, -0.2) is 0 Å². The van der Waals surface area contributed by atoms with Gasteiger partial charge in [-0.05, 0) is 71.5 Å². The molecule has 172 valence electrons. The molecule has 0 saturated heterocycles. The molecule has 0 amide bonds. The summed E-state index contributed by atoms with van der Waals surface area (Å²) < 4.78 is 5.10. The predicted molar refractivity (Wildman–Crippen MR) is 129 cm³/mol. The molecule has 4 bridgehead atoms. The van der Waals surface area contributed by atoms with Crippen molar-refractivity contribution in [3.63, 3.8) is 0 Å². The molecule has 7 aliphatic carbocycles. The number of fused-ring (bicyclic) bond motifs is 4. The lowest BCUT2D eigenvalue weighted by molar-refractivity contribution is -0.141. The van der Waals surface area contributed by atoms with Gasteiger partial charge in [-0.3, -0.25) is 4.79 Å². The second kappa shape index (κ2) is 7.39. The van der Waals surface area contributed by atoms with E-state index in [1.165, 1.54) is 32.1 Å². The normalized spacial score (nSPS) is 48.5. The third-order valence-corrected chi connectivity index (χ3v) is 12.3. The Morgan fingerprint density at radius 3 is 1.84 bits per heavy atom. The number of hydrogen-bond acceptors (Lipinski definition) is 2. The molecule has 31 heavy (non-hydrogen) atoms. The number of hydrogen-bond donors (Lipinski definition) is 0.